The zero-order chi connectivity index (χ0) is 13.7. The molecule has 0 aromatic carbocycles. The molecule has 0 bridgehead atoms. The summed E-state index contributed by atoms with van der Waals surface area (Å²) in [6.07, 6.45) is 8.94. The van der Waals surface area contributed by atoms with Gasteiger partial charge in [0.15, 0.2) is 0 Å². The molecule has 0 atom stereocenters. The maximum Gasteiger partial charge on any atom is 0.134 e. The summed E-state index contributed by atoms with van der Waals surface area (Å²) in [7, 11) is 0. The maximum absolute atomic E-state index is 4.85. The van der Waals surface area contributed by atoms with E-state index in [0.29, 0.717) is 5.92 Å². The Bertz CT molecular complexity index is 407. The molecule has 0 aliphatic heterocycles. The maximum atomic E-state index is 4.85. The summed E-state index contributed by atoms with van der Waals surface area (Å²) in [5.74, 6) is 2.71. The molecule has 106 valence electrons. The predicted molar refractivity (Wildman–Crippen MR) is 80.8 cm³/mol. The third-order valence-corrected chi connectivity index (χ3v) is 4.16. The summed E-state index contributed by atoms with van der Waals surface area (Å²) >= 11 is 0. The molecule has 1 N–H and O–H groups in total. The summed E-state index contributed by atoms with van der Waals surface area (Å²) < 4.78 is 0. The highest BCUT2D eigenvalue weighted by Gasteiger charge is 2.19. The molecular formula is C16H27N3. The molecule has 0 radical (unpaired) electrons. The van der Waals surface area contributed by atoms with E-state index >= 15 is 0 Å². The Morgan fingerprint density at radius 2 is 1.74 bits per heavy atom. The van der Waals surface area contributed by atoms with Crippen LogP contribution in [0.1, 0.15) is 75.4 Å². The predicted octanol–water partition coefficient (Wildman–Crippen LogP) is 4.22. The Hall–Kier alpha value is -1.12. The van der Waals surface area contributed by atoms with Gasteiger partial charge in [0.25, 0.3) is 0 Å². The number of rotatable bonds is 4. The number of hydrogen-bond donors (Lipinski definition) is 1. The number of anilines is 1. The average molecular weight is 261 g/mol. The Morgan fingerprint density at radius 1 is 1.05 bits per heavy atom. The number of nitrogens with zero attached hydrogens (tertiary/aromatic N) is 2. The van der Waals surface area contributed by atoms with Gasteiger partial charge >= 0.3 is 0 Å². The van der Waals surface area contributed by atoms with Crippen molar-refractivity contribution in [1.82, 2.24) is 9.97 Å². The van der Waals surface area contributed by atoms with Gasteiger partial charge in [-0.1, -0.05) is 32.6 Å². The van der Waals surface area contributed by atoms with Crippen molar-refractivity contribution >= 4 is 5.82 Å². The lowest BCUT2D eigenvalue weighted by molar-refractivity contribution is 0.557. The minimum atomic E-state index is 0.575. The van der Waals surface area contributed by atoms with Gasteiger partial charge in [0, 0.05) is 23.7 Å². The molecule has 1 aliphatic rings. The molecule has 1 fully saturated rings. The standard InChI is InChI=1S/C16H27N3/c1-4-14-12(3)15(17-5-2)19-16(18-14)13-10-8-6-7-9-11-13/h13H,4-11H2,1-3H3,(H,17,18,19). The highest BCUT2D eigenvalue weighted by atomic mass is 15.0. The lowest BCUT2D eigenvalue weighted by Crippen LogP contribution is -2.12. The molecule has 0 unspecified atom stereocenters. The molecule has 1 aliphatic carbocycles. The van der Waals surface area contributed by atoms with E-state index in [1.165, 1.54) is 49.8 Å². The normalized spacial score (nSPS) is 17.2. The van der Waals surface area contributed by atoms with Crippen molar-refractivity contribution in [1.29, 1.82) is 0 Å². The molecule has 1 heterocycles. The number of aryl methyl sites for hydroxylation is 1. The van der Waals surface area contributed by atoms with Gasteiger partial charge in [0.2, 0.25) is 0 Å². The largest absolute Gasteiger partial charge is 0.370 e. The van der Waals surface area contributed by atoms with Crippen LogP contribution in [0.4, 0.5) is 5.82 Å². The van der Waals surface area contributed by atoms with E-state index in [1.54, 1.807) is 0 Å². The van der Waals surface area contributed by atoms with Gasteiger partial charge in [-0.05, 0) is 33.1 Å². The molecule has 3 heteroatoms. The van der Waals surface area contributed by atoms with E-state index in [0.717, 1.165) is 24.6 Å². The van der Waals surface area contributed by atoms with Gasteiger partial charge in [-0.2, -0.15) is 0 Å². The van der Waals surface area contributed by atoms with Crippen molar-refractivity contribution in [3.05, 3.63) is 17.1 Å². The Morgan fingerprint density at radius 3 is 2.32 bits per heavy atom. The molecule has 1 aromatic heterocycles. The molecule has 0 amide bonds. The molecular weight excluding hydrogens is 234 g/mol. The number of aromatic nitrogens is 2. The minimum absolute atomic E-state index is 0.575. The van der Waals surface area contributed by atoms with Crippen LogP contribution in [-0.4, -0.2) is 16.5 Å². The summed E-state index contributed by atoms with van der Waals surface area (Å²) in [5, 5.41) is 3.39. The second-order valence-electron chi connectivity index (χ2n) is 5.57. The third kappa shape index (κ3) is 3.46. The smallest absolute Gasteiger partial charge is 0.134 e. The van der Waals surface area contributed by atoms with E-state index in [2.05, 4.69) is 26.1 Å². The van der Waals surface area contributed by atoms with Gasteiger partial charge in [-0.3, -0.25) is 0 Å². The minimum Gasteiger partial charge on any atom is -0.370 e. The lowest BCUT2D eigenvalue weighted by Gasteiger charge is -2.17. The second-order valence-corrected chi connectivity index (χ2v) is 5.57. The van der Waals surface area contributed by atoms with Gasteiger partial charge in [-0.25, -0.2) is 9.97 Å². The average Bonchev–Trinajstić information content (AvgIpc) is 2.70. The molecule has 0 saturated heterocycles. The summed E-state index contributed by atoms with van der Waals surface area (Å²) in [6, 6.07) is 0. The summed E-state index contributed by atoms with van der Waals surface area (Å²) in [4.78, 5) is 9.66. The molecule has 3 nitrogen and oxygen atoms in total. The van der Waals surface area contributed by atoms with Crippen molar-refractivity contribution in [2.24, 2.45) is 0 Å². The third-order valence-electron chi connectivity index (χ3n) is 4.16. The van der Waals surface area contributed by atoms with Crippen molar-refractivity contribution in [3.63, 3.8) is 0 Å². The fourth-order valence-electron chi connectivity index (χ4n) is 2.99. The first-order valence-electron chi connectivity index (χ1n) is 7.87. The first-order valence-corrected chi connectivity index (χ1v) is 7.87. The zero-order valence-electron chi connectivity index (χ0n) is 12.6. The monoisotopic (exact) mass is 261 g/mol. The van der Waals surface area contributed by atoms with Crippen LogP contribution in [0.15, 0.2) is 0 Å². The molecule has 2 rings (SSSR count). The van der Waals surface area contributed by atoms with Gasteiger partial charge in [0.05, 0.1) is 0 Å². The van der Waals surface area contributed by atoms with Crippen LogP contribution in [0.5, 0.6) is 0 Å². The summed E-state index contributed by atoms with van der Waals surface area (Å²) in [6.45, 7) is 7.36. The lowest BCUT2D eigenvalue weighted by atomic mass is 9.99. The quantitative estimate of drug-likeness (QED) is 0.825. The van der Waals surface area contributed by atoms with Crippen LogP contribution in [0, 0.1) is 6.92 Å². The number of nitrogens with one attached hydrogen (secondary N) is 1. The van der Waals surface area contributed by atoms with E-state index < -0.39 is 0 Å². The fraction of sp³-hybridized carbons (Fsp3) is 0.750. The van der Waals surface area contributed by atoms with Gasteiger partial charge < -0.3 is 5.32 Å². The first-order chi connectivity index (χ1) is 9.26. The highest BCUT2D eigenvalue weighted by molar-refractivity contribution is 5.46. The fourth-order valence-corrected chi connectivity index (χ4v) is 2.99. The zero-order valence-corrected chi connectivity index (χ0v) is 12.6. The van der Waals surface area contributed by atoms with Crippen LogP contribution in [0.3, 0.4) is 0 Å². The van der Waals surface area contributed by atoms with E-state index in [4.69, 9.17) is 9.97 Å². The van der Waals surface area contributed by atoms with Gasteiger partial charge in [0.1, 0.15) is 11.6 Å². The Balaban J connectivity index is 2.30. The van der Waals surface area contributed by atoms with Crippen molar-refractivity contribution in [3.8, 4) is 0 Å². The first kappa shape index (κ1) is 14.3. The topological polar surface area (TPSA) is 37.8 Å². The molecule has 1 aromatic rings. The van der Waals surface area contributed by atoms with Crippen molar-refractivity contribution < 1.29 is 0 Å². The van der Waals surface area contributed by atoms with E-state index in [1.807, 2.05) is 0 Å². The van der Waals surface area contributed by atoms with Crippen LogP contribution < -0.4 is 5.32 Å². The SMILES string of the molecule is CCNc1nc(C2CCCCCC2)nc(CC)c1C. The van der Waals surface area contributed by atoms with Crippen molar-refractivity contribution in [2.45, 2.75) is 71.6 Å². The Labute approximate surface area is 117 Å². The van der Waals surface area contributed by atoms with Crippen LogP contribution in [-0.2, 0) is 6.42 Å². The summed E-state index contributed by atoms with van der Waals surface area (Å²) in [5.41, 5.74) is 2.44. The second kappa shape index (κ2) is 6.88. The van der Waals surface area contributed by atoms with Crippen molar-refractivity contribution in [2.75, 3.05) is 11.9 Å². The molecule has 19 heavy (non-hydrogen) atoms. The number of hydrogen-bond acceptors (Lipinski definition) is 3. The van der Waals surface area contributed by atoms with Crippen LogP contribution in [0.25, 0.3) is 0 Å². The molecule has 0 spiro atoms. The highest BCUT2D eigenvalue weighted by Crippen LogP contribution is 2.31. The van der Waals surface area contributed by atoms with E-state index in [-0.39, 0.29) is 0 Å². The van der Waals surface area contributed by atoms with Crippen LogP contribution >= 0.6 is 0 Å². The van der Waals surface area contributed by atoms with E-state index in [9.17, 15) is 0 Å². The molecule has 1 saturated carbocycles. The van der Waals surface area contributed by atoms with Crippen LogP contribution in [0.2, 0.25) is 0 Å². The van der Waals surface area contributed by atoms with Gasteiger partial charge in [-0.15, -0.1) is 0 Å². The Kier molecular flexibility index (Phi) is 5.17.